The van der Waals surface area contributed by atoms with Crippen molar-refractivity contribution in [3.63, 3.8) is 0 Å². The molecule has 1 aliphatic rings. The van der Waals surface area contributed by atoms with Gasteiger partial charge >= 0.3 is 0 Å². The summed E-state index contributed by atoms with van der Waals surface area (Å²) in [4.78, 5) is 7.10. The average Bonchev–Trinajstić information content (AvgIpc) is 2.87. The second kappa shape index (κ2) is 6.88. The Labute approximate surface area is 129 Å². The van der Waals surface area contributed by atoms with Gasteiger partial charge in [-0.3, -0.25) is 4.90 Å². The fraction of sp³-hybridized carbons (Fsp3) is 0.875. The molecule has 5 nitrogen and oxygen atoms in total. The summed E-state index contributed by atoms with van der Waals surface area (Å²) in [6, 6.07) is 0.589. The Morgan fingerprint density at radius 1 is 1.43 bits per heavy atom. The molecule has 2 atom stereocenters. The summed E-state index contributed by atoms with van der Waals surface area (Å²) in [6.45, 7) is 15.3. The summed E-state index contributed by atoms with van der Waals surface area (Å²) in [7, 11) is 0. The van der Waals surface area contributed by atoms with Crippen LogP contribution in [0.1, 0.15) is 53.3 Å². The van der Waals surface area contributed by atoms with Crippen LogP contribution in [-0.4, -0.2) is 44.3 Å². The highest BCUT2D eigenvalue weighted by molar-refractivity contribution is 4.98. The minimum atomic E-state index is 0.209. The topological polar surface area (TPSA) is 46.0 Å². The fourth-order valence-corrected chi connectivity index (χ4v) is 2.98. The van der Waals surface area contributed by atoms with Crippen molar-refractivity contribution in [1.29, 1.82) is 0 Å². The van der Waals surface area contributed by atoms with Crippen LogP contribution in [-0.2, 0) is 13.1 Å². The van der Waals surface area contributed by atoms with Gasteiger partial charge in [0, 0.05) is 31.2 Å². The van der Waals surface area contributed by atoms with E-state index in [4.69, 9.17) is 0 Å². The molecular formula is C16H31N5. The molecule has 120 valence electrons. The van der Waals surface area contributed by atoms with Gasteiger partial charge in [-0.05, 0) is 25.7 Å². The number of piperazine rings is 1. The van der Waals surface area contributed by atoms with E-state index in [0.717, 1.165) is 38.4 Å². The first-order valence-corrected chi connectivity index (χ1v) is 8.33. The molecule has 2 rings (SSSR count). The highest BCUT2D eigenvalue weighted by atomic mass is 15.4. The third kappa shape index (κ3) is 3.83. The number of aromatic nitrogens is 3. The maximum absolute atomic E-state index is 4.50. The van der Waals surface area contributed by atoms with Crippen molar-refractivity contribution in [2.45, 2.75) is 72.1 Å². The molecule has 0 bridgehead atoms. The average molecular weight is 293 g/mol. The van der Waals surface area contributed by atoms with Crippen LogP contribution < -0.4 is 5.32 Å². The van der Waals surface area contributed by atoms with Crippen molar-refractivity contribution in [2.24, 2.45) is 5.92 Å². The molecule has 1 aromatic heterocycles. The zero-order chi connectivity index (χ0) is 15.5. The Morgan fingerprint density at radius 3 is 2.81 bits per heavy atom. The maximum Gasteiger partial charge on any atom is 0.141 e. The highest BCUT2D eigenvalue weighted by Gasteiger charge is 2.36. The SMILES string of the molecule is CCC1CN(Cc2ncnn2CC(C)C)C(C)(CC)CN1. The lowest BCUT2D eigenvalue weighted by molar-refractivity contribution is 0.0372. The monoisotopic (exact) mass is 293 g/mol. The molecule has 0 aliphatic carbocycles. The van der Waals surface area contributed by atoms with Gasteiger partial charge in [0.25, 0.3) is 0 Å². The molecule has 0 aromatic carbocycles. The smallest absolute Gasteiger partial charge is 0.141 e. The molecule has 21 heavy (non-hydrogen) atoms. The van der Waals surface area contributed by atoms with Crippen molar-refractivity contribution in [3.05, 3.63) is 12.2 Å². The largest absolute Gasteiger partial charge is 0.311 e. The molecule has 2 unspecified atom stereocenters. The first kappa shape index (κ1) is 16.4. The molecule has 5 heteroatoms. The summed E-state index contributed by atoms with van der Waals surface area (Å²) < 4.78 is 2.07. The molecule has 0 radical (unpaired) electrons. The second-order valence-electron chi connectivity index (χ2n) is 6.97. The highest BCUT2D eigenvalue weighted by Crippen LogP contribution is 2.25. The number of nitrogens with zero attached hydrogens (tertiary/aromatic N) is 4. The van der Waals surface area contributed by atoms with Gasteiger partial charge in [-0.1, -0.05) is 27.7 Å². The van der Waals surface area contributed by atoms with Gasteiger partial charge in [0.15, 0.2) is 0 Å². The van der Waals surface area contributed by atoms with E-state index in [-0.39, 0.29) is 5.54 Å². The van der Waals surface area contributed by atoms with Crippen LogP contribution >= 0.6 is 0 Å². The van der Waals surface area contributed by atoms with E-state index in [1.807, 2.05) is 0 Å². The van der Waals surface area contributed by atoms with Crippen LogP contribution in [0.3, 0.4) is 0 Å². The lowest BCUT2D eigenvalue weighted by Gasteiger charge is -2.47. The van der Waals surface area contributed by atoms with Crippen molar-refractivity contribution < 1.29 is 0 Å². The Morgan fingerprint density at radius 2 is 2.19 bits per heavy atom. The molecule has 0 saturated carbocycles. The van der Waals surface area contributed by atoms with Crippen LogP contribution in [0.25, 0.3) is 0 Å². The minimum absolute atomic E-state index is 0.209. The number of rotatable bonds is 6. The Hall–Kier alpha value is -0.940. The first-order chi connectivity index (χ1) is 9.98. The van der Waals surface area contributed by atoms with E-state index < -0.39 is 0 Å². The molecule has 2 heterocycles. The van der Waals surface area contributed by atoms with Gasteiger partial charge < -0.3 is 5.32 Å². The van der Waals surface area contributed by atoms with Crippen LogP contribution in [0.15, 0.2) is 6.33 Å². The van der Waals surface area contributed by atoms with E-state index >= 15 is 0 Å². The molecular weight excluding hydrogens is 262 g/mol. The first-order valence-electron chi connectivity index (χ1n) is 8.33. The van der Waals surface area contributed by atoms with Crippen LogP contribution in [0.5, 0.6) is 0 Å². The van der Waals surface area contributed by atoms with Gasteiger partial charge in [0.2, 0.25) is 0 Å². The number of hydrogen-bond donors (Lipinski definition) is 1. The molecule has 1 N–H and O–H groups in total. The Kier molecular flexibility index (Phi) is 5.38. The van der Waals surface area contributed by atoms with Gasteiger partial charge in [-0.25, -0.2) is 9.67 Å². The standard InChI is InChI=1S/C16H31N5/c1-6-14-9-20(16(5,7-2)11-17-14)10-15-18-12-19-21(15)8-13(3)4/h12-14,17H,6-11H2,1-5H3. The van der Waals surface area contributed by atoms with E-state index in [1.165, 1.54) is 6.42 Å². The quantitative estimate of drug-likeness (QED) is 0.874. The Bertz CT molecular complexity index is 442. The van der Waals surface area contributed by atoms with E-state index in [1.54, 1.807) is 6.33 Å². The molecule has 0 amide bonds. The fourth-order valence-electron chi connectivity index (χ4n) is 2.98. The van der Waals surface area contributed by atoms with E-state index in [2.05, 4.69) is 59.6 Å². The Balaban J connectivity index is 2.13. The second-order valence-corrected chi connectivity index (χ2v) is 6.97. The molecule has 1 aliphatic heterocycles. The predicted octanol–water partition coefficient (Wildman–Crippen LogP) is 2.29. The normalized spacial score (nSPS) is 27.4. The predicted molar refractivity (Wildman–Crippen MR) is 86.0 cm³/mol. The van der Waals surface area contributed by atoms with E-state index in [0.29, 0.717) is 12.0 Å². The number of nitrogens with one attached hydrogen (secondary N) is 1. The summed E-state index contributed by atoms with van der Waals surface area (Å²) in [5.41, 5.74) is 0.209. The van der Waals surface area contributed by atoms with Crippen LogP contribution in [0.4, 0.5) is 0 Å². The van der Waals surface area contributed by atoms with Gasteiger partial charge in [0.05, 0.1) is 6.54 Å². The summed E-state index contributed by atoms with van der Waals surface area (Å²) in [5, 5.41) is 8.08. The van der Waals surface area contributed by atoms with Gasteiger partial charge in [0.1, 0.15) is 12.2 Å². The van der Waals surface area contributed by atoms with Crippen LogP contribution in [0, 0.1) is 5.92 Å². The summed E-state index contributed by atoms with van der Waals surface area (Å²) >= 11 is 0. The molecule has 1 fully saturated rings. The maximum atomic E-state index is 4.50. The number of hydrogen-bond acceptors (Lipinski definition) is 4. The molecule has 1 aromatic rings. The molecule has 1 saturated heterocycles. The van der Waals surface area contributed by atoms with Gasteiger partial charge in [-0.2, -0.15) is 5.10 Å². The third-order valence-corrected chi connectivity index (χ3v) is 4.80. The van der Waals surface area contributed by atoms with Crippen molar-refractivity contribution in [2.75, 3.05) is 13.1 Å². The lowest BCUT2D eigenvalue weighted by atomic mass is 9.91. The van der Waals surface area contributed by atoms with Crippen molar-refractivity contribution >= 4 is 0 Å². The minimum Gasteiger partial charge on any atom is -0.311 e. The van der Waals surface area contributed by atoms with Crippen molar-refractivity contribution in [3.8, 4) is 0 Å². The van der Waals surface area contributed by atoms with Gasteiger partial charge in [-0.15, -0.1) is 0 Å². The third-order valence-electron chi connectivity index (χ3n) is 4.80. The zero-order valence-electron chi connectivity index (χ0n) is 14.3. The molecule has 0 spiro atoms. The van der Waals surface area contributed by atoms with E-state index in [9.17, 15) is 0 Å². The van der Waals surface area contributed by atoms with Crippen LogP contribution in [0.2, 0.25) is 0 Å². The van der Waals surface area contributed by atoms with Crippen molar-refractivity contribution in [1.82, 2.24) is 25.0 Å². The lowest BCUT2D eigenvalue weighted by Crippen LogP contribution is -2.62. The summed E-state index contributed by atoms with van der Waals surface area (Å²) in [6.07, 6.45) is 4.02. The zero-order valence-corrected chi connectivity index (χ0v) is 14.3. The summed E-state index contributed by atoms with van der Waals surface area (Å²) in [5.74, 6) is 1.69.